The third kappa shape index (κ3) is 8.81. The Balaban J connectivity index is 1.50. The lowest BCUT2D eigenvalue weighted by Gasteiger charge is -2.37. The van der Waals surface area contributed by atoms with E-state index in [2.05, 4.69) is 4.99 Å². The summed E-state index contributed by atoms with van der Waals surface area (Å²) in [5.41, 5.74) is 4.68. The number of hydrogen-bond acceptors (Lipinski definition) is 7. The van der Waals surface area contributed by atoms with Gasteiger partial charge in [0, 0.05) is 61.1 Å². The van der Waals surface area contributed by atoms with Gasteiger partial charge in [0.1, 0.15) is 11.8 Å². The highest BCUT2D eigenvalue weighted by molar-refractivity contribution is 7.86. The van der Waals surface area contributed by atoms with Crippen LogP contribution in [0.5, 0.6) is 0 Å². The molecule has 14 nitrogen and oxygen atoms in total. The number of carbonyl (C=O) groups excluding carboxylic acids is 2. The quantitative estimate of drug-likeness (QED) is 0.180. The summed E-state index contributed by atoms with van der Waals surface area (Å²) in [6, 6.07) is 13.2. The molecule has 2 heterocycles. The number of amides is 2. The standard InChI is InChI=1S/C26H27F3N6O8S2/c27-26(28,29)21-15-19(23(36)31-25(30)35(16-44(38,39)40)17-45(41,42)43)5-8-22(21)33-11-13-34(14-12-33)24(37)18-3-6-20(7-4-18)32-9-1-2-10-32/h1-10,15H,11-14,16-17H2,(H2,30,31,36)(H,38,39,40)(H,41,42,43). The van der Waals surface area contributed by atoms with Crippen molar-refractivity contribution in [1.82, 2.24) is 14.4 Å². The van der Waals surface area contributed by atoms with Crippen LogP contribution in [0.15, 0.2) is 72.0 Å². The molecule has 0 radical (unpaired) electrons. The van der Waals surface area contributed by atoms with Crippen molar-refractivity contribution in [1.29, 1.82) is 0 Å². The maximum atomic E-state index is 14.1. The third-order valence-electron chi connectivity index (χ3n) is 6.65. The van der Waals surface area contributed by atoms with Gasteiger partial charge in [0.2, 0.25) is 5.96 Å². The predicted molar refractivity (Wildman–Crippen MR) is 156 cm³/mol. The lowest BCUT2D eigenvalue weighted by Crippen LogP contribution is -2.49. The molecular formula is C26H27F3N6O8S2. The number of halogens is 3. The van der Waals surface area contributed by atoms with E-state index in [1.54, 1.807) is 24.3 Å². The third-order valence-corrected chi connectivity index (χ3v) is 7.93. The zero-order chi connectivity index (χ0) is 33.2. The smallest absolute Gasteiger partial charge is 0.369 e. The van der Waals surface area contributed by atoms with Gasteiger partial charge in [-0.2, -0.15) is 35.0 Å². The molecule has 0 atom stereocenters. The fourth-order valence-electron chi connectivity index (χ4n) is 4.59. The van der Waals surface area contributed by atoms with E-state index in [1.165, 1.54) is 9.80 Å². The number of aromatic nitrogens is 1. The molecule has 4 N–H and O–H groups in total. The molecular weight excluding hydrogens is 645 g/mol. The molecule has 0 bridgehead atoms. The van der Waals surface area contributed by atoms with Crippen molar-refractivity contribution in [2.45, 2.75) is 6.18 Å². The van der Waals surface area contributed by atoms with Crippen LogP contribution in [0.1, 0.15) is 26.3 Å². The van der Waals surface area contributed by atoms with Crippen LogP contribution in [0.3, 0.4) is 0 Å². The van der Waals surface area contributed by atoms with E-state index in [9.17, 15) is 39.6 Å². The number of aliphatic imine (C=N–C) groups is 1. The highest BCUT2D eigenvalue weighted by Crippen LogP contribution is 2.38. The van der Waals surface area contributed by atoms with Crippen LogP contribution in [-0.4, -0.2) is 96.0 Å². The summed E-state index contributed by atoms with van der Waals surface area (Å²) in [5, 5.41) is 0. The largest absolute Gasteiger partial charge is 0.418 e. The molecule has 242 valence electrons. The Bertz CT molecular complexity index is 1770. The molecule has 2 amide bonds. The average Bonchev–Trinajstić information content (AvgIpc) is 3.50. The molecule has 0 aliphatic carbocycles. The normalized spacial score (nSPS) is 14.8. The first-order chi connectivity index (χ1) is 20.9. The zero-order valence-electron chi connectivity index (χ0n) is 23.2. The Morgan fingerprint density at radius 3 is 1.91 bits per heavy atom. The van der Waals surface area contributed by atoms with Crippen molar-refractivity contribution in [2.24, 2.45) is 10.7 Å². The number of hydrogen-bond donors (Lipinski definition) is 3. The van der Waals surface area contributed by atoms with E-state index in [1.807, 2.05) is 29.1 Å². The van der Waals surface area contributed by atoms with Crippen molar-refractivity contribution in [2.75, 3.05) is 42.8 Å². The topological polar surface area (TPSA) is 196 Å². The Morgan fingerprint density at radius 1 is 0.867 bits per heavy atom. The number of alkyl halides is 3. The number of piperazine rings is 1. The van der Waals surface area contributed by atoms with Crippen LogP contribution in [-0.2, 0) is 26.4 Å². The first-order valence-electron chi connectivity index (χ1n) is 12.9. The lowest BCUT2D eigenvalue weighted by molar-refractivity contribution is -0.137. The van der Waals surface area contributed by atoms with Crippen molar-refractivity contribution in [3.05, 3.63) is 83.7 Å². The second-order valence-corrected chi connectivity index (χ2v) is 12.7. The van der Waals surface area contributed by atoms with Gasteiger partial charge in [-0.3, -0.25) is 18.7 Å². The Hall–Kier alpha value is -4.46. The molecule has 45 heavy (non-hydrogen) atoms. The summed E-state index contributed by atoms with van der Waals surface area (Å²) in [6.45, 7) is 0.340. The molecule has 0 saturated carbocycles. The number of rotatable bonds is 8. The van der Waals surface area contributed by atoms with Gasteiger partial charge in [-0.1, -0.05) is 0 Å². The summed E-state index contributed by atoms with van der Waals surface area (Å²) in [4.78, 5) is 32.0. The summed E-state index contributed by atoms with van der Waals surface area (Å²) >= 11 is 0. The van der Waals surface area contributed by atoms with E-state index in [0.717, 1.165) is 17.8 Å². The SMILES string of the molecule is NC(=NC(=O)c1ccc(N2CCN(C(=O)c3ccc(-n4cccc4)cc3)CC2)c(C(F)(F)F)c1)N(CS(=O)(=O)O)CS(=O)(=O)O. The van der Waals surface area contributed by atoms with Gasteiger partial charge in [-0.25, -0.2) is 0 Å². The van der Waals surface area contributed by atoms with Crippen LogP contribution in [0, 0.1) is 0 Å². The molecule has 1 saturated heterocycles. The minimum atomic E-state index is -4.93. The van der Waals surface area contributed by atoms with E-state index in [0.29, 0.717) is 11.6 Å². The number of nitrogens with two attached hydrogens (primary N) is 1. The maximum absolute atomic E-state index is 14.1. The van der Waals surface area contributed by atoms with E-state index in [4.69, 9.17) is 14.8 Å². The van der Waals surface area contributed by atoms with Crippen LogP contribution < -0.4 is 10.6 Å². The monoisotopic (exact) mass is 672 g/mol. The van der Waals surface area contributed by atoms with Crippen LogP contribution in [0.4, 0.5) is 18.9 Å². The maximum Gasteiger partial charge on any atom is 0.418 e. The summed E-state index contributed by atoms with van der Waals surface area (Å²) < 4.78 is 107. The molecule has 1 aromatic heterocycles. The second kappa shape index (κ2) is 12.9. The van der Waals surface area contributed by atoms with Crippen LogP contribution >= 0.6 is 0 Å². The molecule has 3 aromatic rings. The molecule has 2 aromatic carbocycles. The number of anilines is 1. The highest BCUT2D eigenvalue weighted by atomic mass is 32.2. The number of benzene rings is 2. The molecule has 0 unspecified atom stereocenters. The first kappa shape index (κ1) is 33.4. The van der Waals surface area contributed by atoms with Crippen LogP contribution in [0.2, 0.25) is 0 Å². The number of carbonyl (C=O) groups is 2. The predicted octanol–water partition coefficient (Wildman–Crippen LogP) is 1.91. The Morgan fingerprint density at radius 2 is 1.40 bits per heavy atom. The molecule has 1 aliphatic heterocycles. The van der Waals surface area contributed by atoms with Crippen molar-refractivity contribution in [3.8, 4) is 5.69 Å². The van der Waals surface area contributed by atoms with Crippen molar-refractivity contribution < 1.29 is 48.7 Å². The molecule has 1 aliphatic rings. The lowest BCUT2D eigenvalue weighted by atomic mass is 10.1. The molecule has 19 heteroatoms. The van der Waals surface area contributed by atoms with Gasteiger partial charge in [-0.15, -0.1) is 0 Å². The average molecular weight is 673 g/mol. The van der Waals surface area contributed by atoms with Gasteiger partial charge in [0.25, 0.3) is 32.1 Å². The van der Waals surface area contributed by atoms with E-state index in [-0.39, 0.29) is 42.7 Å². The van der Waals surface area contributed by atoms with E-state index >= 15 is 0 Å². The van der Waals surface area contributed by atoms with Crippen molar-refractivity contribution >= 4 is 43.7 Å². The van der Waals surface area contributed by atoms with E-state index < -0.39 is 61.2 Å². The van der Waals surface area contributed by atoms with Gasteiger partial charge >= 0.3 is 6.18 Å². The minimum absolute atomic E-state index is 0.0505. The Kier molecular flexibility index (Phi) is 9.57. The zero-order valence-corrected chi connectivity index (χ0v) is 24.8. The number of guanidine groups is 1. The molecule has 4 rings (SSSR count). The second-order valence-electron chi connectivity index (χ2n) is 9.88. The number of nitrogens with zero attached hydrogens (tertiary/aromatic N) is 5. The van der Waals surface area contributed by atoms with Crippen LogP contribution in [0.25, 0.3) is 5.69 Å². The minimum Gasteiger partial charge on any atom is -0.369 e. The Labute approximate surface area is 255 Å². The van der Waals surface area contributed by atoms with Crippen molar-refractivity contribution in [3.63, 3.8) is 0 Å². The van der Waals surface area contributed by atoms with Gasteiger partial charge in [-0.05, 0) is 54.6 Å². The molecule has 1 fully saturated rings. The highest BCUT2D eigenvalue weighted by Gasteiger charge is 2.37. The van der Waals surface area contributed by atoms with Gasteiger partial charge in [0.15, 0.2) is 0 Å². The van der Waals surface area contributed by atoms with Gasteiger partial charge < -0.3 is 25.0 Å². The van der Waals surface area contributed by atoms with Gasteiger partial charge in [0.05, 0.1) is 5.56 Å². The molecule has 0 spiro atoms. The fraction of sp³-hybridized carbons (Fsp3) is 0.269. The summed E-state index contributed by atoms with van der Waals surface area (Å²) in [7, 11) is -9.84. The first-order valence-corrected chi connectivity index (χ1v) is 16.2. The summed E-state index contributed by atoms with van der Waals surface area (Å²) in [6.07, 6.45) is -1.23. The fourth-order valence-corrected chi connectivity index (χ4v) is 5.94. The summed E-state index contributed by atoms with van der Waals surface area (Å²) in [5.74, 6) is -5.75.